The second kappa shape index (κ2) is 16.7. The first kappa shape index (κ1) is 41.6. The molecule has 4 aromatic rings. The van der Waals surface area contributed by atoms with Gasteiger partial charge in [-0.2, -0.15) is 0 Å². The fourth-order valence-corrected chi connectivity index (χ4v) is 9.87. The standard InChI is InChI=1S/C48H54N6O7/c1-5-9-38(55)50-41(34-27-35(48(2,3)4)32-13-8-21-49-42(32)43(34)57)30-10-6-11-31(26-30)45(59)53-24-19-29(20-25-53)28-17-22-52(23-18-28)36-14-7-12-33-40(36)47(61)54(46(33)60)37-15-16-39(56)51-44(37)58/h6-8,10-14,21,26-29,37,41,57H,5,9,15-20,22-25H2,1-4H3,(H,50,55)(H,51,56,58). The van der Waals surface area contributed by atoms with Gasteiger partial charge in [0.25, 0.3) is 17.7 Å². The van der Waals surface area contributed by atoms with Crippen molar-refractivity contribution in [2.24, 2.45) is 11.8 Å². The van der Waals surface area contributed by atoms with Gasteiger partial charge in [0.05, 0.1) is 22.9 Å². The fourth-order valence-electron chi connectivity index (χ4n) is 9.87. The Morgan fingerprint density at radius 3 is 2.28 bits per heavy atom. The van der Waals surface area contributed by atoms with E-state index < -0.39 is 35.7 Å². The quantitative estimate of drug-likeness (QED) is 0.162. The number of piperidine rings is 3. The van der Waals surface area contributed by atoms with Crippen LogP contribution in [0.2, 0.25) is 0 Å². The first-order valence-electron chi connectivity index (χ1n) is 21.6. The summed E-state index contributed by atoms with van der Waals surface area (Å²) in [5.41, 5.74) is 4.23. The lowest BCUT2D eigenvalue weighted by atomic mass is 9.78. The molecule has 3 N–H and O–H groups in total. The van der Waals surface area contributed by atoms with Gasteiger partial charge in [-0.25, -0.2) is 0 Å². The number of benzene rings is 3. The number of phenols is 1. The summed E-state index contributed by atoms with van der Waals surface area (Å²) in [5, 5.41) is 18.0. The van der Waals surface area contributed by atoms with E-state index in [9.17, 15) is 33.9 Å². The molecule has 1 aromatic heterocycles. The summed E-state index contributed by atoms with van der Waals surface area (Å²) in [6.07, 6.45) is 6.37. The summed E-state index contributed by atoms with van der Waals surface area (Å²) in [4.78, 5) is 88.5. The molecule has 13 nitrogen and oxygen atoms in total. The number of aromatic hydroxyl groups is 1. The van der Waals surface area contributed by atoms with Crippen LogP contribution in [0.1, 0.15) is 133 Å². The molecular formula is C48H54N6O7. The minimum absolute atomic E-state index is 0.00252. The zero-order valence-electron chi connectivity index (χ0n) is 35.3. The number of amides is 6. The van der Waals surface area contributed by atoms with Crippen molar-refractivity contribution >= 4 is 52.0 Å². The van der Waals surface area contributed by atoms with E-state index in [2.05, 4.69) is 41.3 Å². The van der Waals surface area contributed by atoms with Gasteiger partial charge in [-0.1, -0.05) is 52.0 Å². The minimum atomic E-state index is -1.01. The number of imide groups is 2. The van der Waals surface area contributed by atoms with Gasteiger partial charge < -0.3 is 20.2 Å². The summed E-state index contributed by atoms with van der Waals surface area (Å²) in [6.45, 7) is 10.9. The van der Waals surface area contributed by atoms with Crippen molar-refractivity contribution in [2.75, 3.05) is 31.1 Å². The van der Waals surface area contributed by atoms with Crippen LogP contribution in [0.15, 0.2) is 66.9 Å². The first-order valence-corrected chi connectivity index (χ1v) is 21.6. The molecule has 0 radical (unpaired) electrons. The van der Waals surface area contributed by atoms with Crippen LogP contribution in [-0.2, 0) is 19.8 Å². The van der Waals surface area contributed by atoms with Crippen LogP contribution in [0.4, 0.5) is 5.69 Å². The van der Waals surface area contributed by atoms with Crippen LogP contribution in [0.25, 0.3) is 10.9 Å². The smallest absolute Gasteiger partial charge is 0.264 e. The van der Waals surface area contributed by atoms with Crippen LogP contribution in [0.3, 0.4) is 0 Å². The van der Waals surface area contributed by atoms with Crippen LogP contribution in [-0.4, -0.2) is 87.6 Å². The monoisotopic (exact) mass is 826 g/mol. The van der Waals surface area contributed by atoms with Gasteiger partial charge in [-0.05, 0) is 103 Å². The predicted octanol–water partition coefficient (Wildman–Crippen LogP) is 6.41. The second-order valence-electron chi connectivity index (χ2n) is 18.0. The number of carbonyl (C=O) groups excluding carboxylic acids is 6. The number of nitrogens with zero attached hydrogens (tertiary/aromatic N) is 4. The van der Waals surface area contributed by atoms with Crippen molar-refractivity contribution in [1.29, 1.82) is 0 Å². The SMILES string of the molecule is CCCC(=O)NC(c1cccc(C(=O)N2CCC(C3CCN(c4cccc5c4C(=O)N(C4CCC(=O)NC4=O)C5=O)CC3)CC2)c1)c1cc(C(C)(C)C)c2cccnc2c1O. The number of pyridine rings is 1. The number of rotatable bonds is 9. The molecule has 2 atom stereocenters. The summed E-state index contributed by atoms with van der Waals surface area (Å²) in [6, 6.07) is 16.7. The molecule has 13 heteroatoms. The molecule has 0 aliphatic carbocycles. The minimum Gasteiger partial charge on any atom is -0.505 e. The summed E-state index contributed by atoms with van der Waals surface area (Å²) >= 11 is 0. The van der Waals surface area contributed by atoms with Gasteiger partial charge in [-0.15, -0.1) is 0 Å². The van der Waals surface area contributed by atoms with Gasteiger partial charge in [-0.3, -0.25) is 44.0 Å². The number of nitrogens with one attached hydrogen (secondary N) is 2. The van der Waals surface area contributed by atoms with Gasteiger partial charge in [0.1, 0.15) is 17.3 Å². The molecule has 8 rings (SSSR count). The largest absolute Gasteiger partial charge is 0.505 e. The van der Waals surface area contributed by atoms with Crippen LogP contribution < -0.4 is 15.5 Å². The van der Waals surface area contributed by atoms with E-state index in [0.717, 1.165) is 41.5 Å². The maximum Gasteiger partial charge on any atom is 0.264 e. The van der Waals surface area contributed by atoms with Gasteiger partial charge in [0, 0.05) is 61.7 Å². The molecule has 5 heterocycles. The van der Waals surface area contributed by atoms with E-state index in [1.807, 2.05) is 60.4 Å². The van der Waals surface area contributed by atoms with E-state index in [-0.39, 0.29) is 41.4 Å². The average molecular weight is 827 g/mol. The highest BCUT2D eigenvalue weighted by molar-refractivity contribution is 6.25. The highest BCUT2D eigenvalue weighted by Crippen LogP contribution is 2.42. The van der Waals surface area contributed by atoms with Gasteiger partial charge >= 0.3 is 0 Å². The highest BCUT2D eigenvalue weighted by Gasteiger charge is 2.46. The third-order valence-corrected chi connectivity index (χ3v) is 13.1. The molecule has 318 valence electrons. The van der Waals surface area contributed by atoms with Crippen molar-refractivity contribution in [3.63, 3.8) is 0 Å². The normalized spacial score (nSPS) is 19.6. The zero-order valence-corrected chi connectivity index (χ0v) is 35.3. The van der Waals surface area contributed by atoms with Gasteiger partial charge in [0.15, 0.2) is 0 Å². The Hall–Kier alpha value is -6.11. The lowest BCUT2D eigenvalue weighted by molar-refractivity contribution is -0.136. The molecule has 3 aromatic carbocycles. The first-order chi connectivity index (χ1) is 29.2. The summed E-state index contributed by atoms with van der Waals surface area (Å²) < 4.78 is 0. The zero-order chi connectivity index (χ0) is 43.2. The Morgan fingerprint density at radius 2 is 1.59 bits per heavy atom. The number of aromatic nitrogens is 1. The number of fused-ring (bicyclic) bond motifs is 2. The molecule has 3 fully saturated rings. The van der Waals surface area contributed by atoms with Crippen molar-refractivity contribution in [3.05, 3.63) is 100 Å². The maximum absolute atomic E-state index is 14.1. The Kier molecular flexibility index (Phi) is 11.4. The number of phenolic OH excluding ortho intramolecular Hbond substituents is 1. The van der Waals surface area contributed by atoms with Gasteiger partial charge in [0.2, 0.25) is 17.7 Å². The molecule has 0 bridgehead atoms. The molecular weight excluding hydrogens is 773 g/mol. The maximum atomic E-state index is 14.1. The van der Waals surface area contributed by atoms with Crippen LogP contribution in [0.5, 0.6) is 5.75 Å². The molecule has 4 aliphatic rings. The number of carbonyl (C=O) groups is 6. The number of anilines is 1. The Balaban J connectivity index is 0.936. The predicted molar refractivity (Wildman–Crippen MR) is 230 cm³/mol. The Labute approximate surface area is 355 Å². The lowest BCUT2D eigenvalue weighted by Gasteiger charge is -2.41. The van der Waals surface area contributed by atoms with E-state index in [0.29, 0.717) is 84.3 Å². The summed E-state index contributed by atoms with van der Waals surface area (Å²) in [5.74, 6) is -1.37. The Bertz CT molecular complexity index is 2420. The van der Waals surface area contributed by atoms with Crippen molar-refractivity contribution in [1.82, 2.24) is 25.4 Å². The fraction of sp³-hybridized carbons (Fsp3) is 0.438. The number of hydrogen-bond donors (Lipinski definition) is 3. The number of hydrogen-bond acceptors (Lipinski definition) is 9. The van der Waals surface area contributed by atoms with E-state index in [1.54, 1.807) is 18.3 Å². The summed E-state index contributed by atoms with van der Waals surface area (Å²) in [7, 11) is 0. The Morgan fingerprint density at radius 1 is 0.885 bits per heavy atom. The van der Waals surface area contributed by atoms with Crippen molar-refractivity contribution < 1.29 is 33.9 Å². The third kappa shape index (κ3) is 7.97. The third-order valence-electron chi connectivity index (χ3n) is 13.1. The second-order valence-corrected chi connectivity index (χ2v) is 18.0. The highest BCUT2D eigenvalue weighted by atomic mass is 16.3. The van der Waals surface area contributed by atoms with E-state index >= 15 is 0 Å². The van der Waals surface area contributed by atoms with Crippen LogP contribution in [0, 0.1) is 11.8 Å². The average Bonchev–Trinajstić information content (AvgIpc) is 3.51. The molecule has 2 unspecified atom stereocenters. The number of likely N-dealkylation sites (tertiary alicyclic amines) is 1. The molecule has 61 heavy (non-hydrogen) atoms. The van der Waals surface area contributed by atoms with Crippen LogP contribution >= 0.6 is 0 Å². The van der Waals surface area contributed by atoms with Crippen molar-refractivity contribution in [3.8, 4) is 5.75 Å². The van der Waals surface area contributed by atoms with E-state index in [1.165, 1.54) is 0 Å². The lowest BCUT2D eigenvalue weighted by Crippen LogP contribution is -2.54. The molecule has 3 saturated heterocycles. The molecule has 0 spiro atoms. The topological polar surface area (TPSA) is 169 Å². The molecule has 6 amide bonds. The van der Waals surface area contributed by atoms with Crippen molar-refractivity contribution in [2.45, 2.75) is 96.6 Å². The molecule has 0 saturated carbocycles. The molecule has 4 aliphatic heterocycles. The van der Waals surface area contributed by atoms with E-state index in [4.69, 9.17) is 0 Å².